The molecule has 3 rings (SSSR count). The van der Waals surface area contributed by atoms with Gasteiger partial charge < -0.3 is 14.4 Å². The van der Waals surface area contributed by atoms with Gasteiger partial charge in [0, 0.05) is 19.0 Å². The second-order valence-electron chi connectivity index (χ2n) is 7.17. The van der Waals surface area contributed by atoms with Gasteiger partial charge in [-0.15, -0.1) is 0 Å². The summed E-state index contributed by atoms with van der Waals surface area (Å²) < 4.78 is 11.7. The molecule has 0 aromatic heterocycles. The molecule has 0 spiro atoms. The summed E-state index contributed by atoms with van der Waals surface area (Å²) in [4.78, 5) is 26.5. The molecular weight excluding hydrogens is 420 g/mol. The van der Waals surface area contributed by atoms with Gasteiger partial charge in [-0.1, -0.05) is 12.1 Å². The number of hydrazone groups is 1. The molecule has 2 aliphatic heterocycles. The van der Waals surface area contributed by atoms with Gasteiger partial charge in [-0.2, -0.15) is 0 Å². The van der Waals surface area contributed by atoms with Gasteiger partial charge in [0.25, 0.3) is 5.96 Å². The molecule has 1 amide bonds. The molecule has 2 aliphatic rings. The summed E-state index contributed by atoms with van der Waals surface area (Å²) in [6.45, 7) is 5.88. The number of hydrogen-bond donors (Lipinski definition) is 0. The lowest BCUT2D eigenvalue weighted by Crippen LogP contribution is -2.41. The number of guanidine groups is 1. The van der Waals surface area contributed by atoms with Crippen LogP contribution in [0.15, 0.2) is 33.8 Å². The highest BCUT2D eigenvalue weighted by Gasteiger charge is 2.39. The lowest BCUT2D eigenvalue weighted by molar-refractivity contribution is -0.486. The molecule has 2 saturated heterocycles. The summed E-state index contributed by atoms with van der Waals surface area (Å²) in [5.41, 5.74) is -0.205. The first kappa shape index (κ1) is 19.6. The number of carbonyl (C=O) groups excluding carboxylic acids is 1. The molecule has 2 heterocycles. The third kappa shape index (κ3) is 4.75. The zero-order valence-corrected chi connectivity index (χ0v) is 16.7. The van der Waals surface area contributed by atoms with Crippen LogP contribution in [0.3, 0.4) is 0 Å². The second kappa shape index (κ2) is 7.81. The van der Waals surface area contributed by atoms with Crippen LogP contribution < -0.4 is 4.74 Å². The fourth-order valence-corrected chi connectivity index (χ4v) is 3.76. The van der Waals surface area contributed by atoms with Crippen molar-refractivity contribution < 1.29 is 19.3 Å². The number of carbonyl (C=O) groups is 1. The fourth-order valence-electron chi connectivity index (χ4n) is 3.39. The number of halogens is 1. The van der Waals surface area contributed by atoms with Crippen molar-refractivity contribution in [1.29, 1.82) is 0 Å². The van der Waals surface area contributed by atoms with E-state index in [-0.39, 0.29) is 24.0 Å². The van der Waals surface area contributed by atoms with Gasteiger partial charge in [-0.05, 0) is 48.3 Å². The number of amides is 1. The second-order valence-corrected chi connectivity index (χ2v) is 8.03. The van der Waals surface area contributed by atoms with E-state index in [0.717, 1.165) is 6.42 Å². The summed E-state index contributed by atoms with van der Waals surface area (Å²) in [7, 11) is 0. The van der Waals surface area contributed by atoms with Crippen molar-refractivity contribution in [3.8, 4) is 5.75 Å². The summed E-state index contributed by atoms with van der Waals surface area (Å²) in [6.07, 6.45) is 0.143. The third-order valence-electron chi connectivity index (χ3n) is 4.51. The summed E-state index contributed by atoms with van der Waals surface area (Å²) in [5, 5.41) is 13.7. The van der Waals surface area contributed by atoms with E-state index in [9.17, 15) is 14.9 Å². The average Bonchev–Trinajstić information content (AvgIpc) is 3.12. The highest BCUT2D eigenvalue weighted by Crippen LogP contribution is 2.30. The molecule has 0 radical (unpaired) electrons. The Kier molecular flexibility index (Phi) is 5.66. The number of benzene rings is 1. The van der Waals surface area contributed by atoms with Crippen LogP contribution in [0.5, 0.6) is 5.75 Å². The predicted molar refractivity (Wildman–Crippen MR) is 101 cm³/mol. The molecule has 146 valence electrons. The Morgan fingerprint density at radius 3 is 2.81 bits per heavy atom. The molecule has 0 bridgehead atoms. The van der Waals surface area contributed by atoms with Crippen LogP contribution in [0.1, 0.15) is 20.3 Å². The Balaban J connectivity index is 1.73. The van der Waals surface area contributed by atoms with Gasteiger partial charge >= 0.3 is 6.09 Å². The highest BCUT2D eigenvalue weighted by molar-refractivity contribution is 9.10. The monoisotopic (exact) mass is 440 g/mol. The van der Waals surface area contributed by atoms with E-state index in [1.807, 2.05) is 13.8 Å². The molecule has 9 nitrogen and oxygen atoms in total. The predicted octanol–water partition coefficient (Wildman–Crippen LogP) is 2.93. The van der Waals surface area contributed by atoms with Crippen molar-refractivity contribution in [2.24, 2.45) is 11.0 Å². The van der Waals surface area contributed by atoms with Gasteiger partial charge in [-0.3, -0.25) is 0 Å². The van der Waals surface area contributed by atoms with Gasteiger partial charge in [0.1, 0.15) is 10.9 Å². The van der Waals surface area contributed by atoms with Gasteiger partial charge in [-0.25, -0.2) is 19.8 Å². The number of hydrogen-bond acceptors (Lipinski definition) is 5. The molecule has 0 saturated carbocycles. The van der Waals surface area contributed by atoms with Crippen molar-refractivity contribution in [3.05, 3.63) is 38.9 Å². The van der Waals surface area contributed by atoms with Crippen molar-refractivity contribution in [2.75, 3.05) is 26.2 Å². The zero-order valence-electron chi connectivity index (χ0n) is 15.1. The van der Waals surface area contributed by atoms with Crippen LogP contribution in [0, 0.1) is 16.0 Å². The number of ether oxygens (including phenoxy) is 2. The largest absolute Gasteiger partial charge is 0.422 e. The molecule has 1 aromatic rings. The van der Waals surface area contributed by atoms with E-state index in [1.54, 1.807) is 29.2 Å². The first-order valence-corrected chi connectivity index (χ1v) is 9.40. The van der Waals surface area contributed by atoms with E-state index in [0.29, 0.717) is 29.9 Å². The van der Waals surface area contributed by atoms with Crippen LogP contribution in [0.25, 0.3) is 0 Å². The smallest absolute Gasteiger partial charge is 0.409 e. The average molecular weight is 441 g/mol. The van der Waals surface area contributed by atoms with E-state index in [2.05, 4.69) is 21.0 Å². The highest BCUT2D eigenvalue weighted by atomic mass is 79.9. The maximum atomic E-state index is 12.6. The minimum absolute atomic E-state index is 0.00163. The van der Waals surface area contributed by atoms with Crippen molar-refractivity contribution in [1.82, 2.24) is 9.80 Å². The van der Waals surface area contributed by atoms with Crippen LogP contribution in [-0.2, 0) is 4.74 Å². The molecule has 1 unspecified atom stereocenters. The van der Waals surface area contributed by atoms with Crippen LogP contribution in [-0.4, -0.2) is 58.7 Å². The maximum Gasteiger partial charge on any atom is 0.422 e. The van der Waals surface area contributed by atoms with E-state index < -0.39 is 11.1 Å². The number of rotatable bonds is 4. The third-order valence-corrected chi connectivity index (χ3v) is 5.17. The van der Waals surface area contributed by atoms with E-state index in [1.165, 1.54) is 4.90 Å². The Labute approximate surface area is 165 Å². The standard InChI is InChI=1S/C17H21BrN4O5/c1-17(2)9-12(11-26-17)10-20-7-8-21(15(20)19-22(24)25)16(23)27-14-6-4-3-5-13(14)18/h3-6,12H,7-11H2,1-2H3. The lowest BCUT2D eigenvalue weighted by atomic mass is 9.97. The molecule has 27 heavy (non-hydrogen) atoms. The van der Waals surface area contributed by atoms with Gasteiger partial charge in [0.15, 0.2) is 5.03 Å². The van der Waals surface area contributed by atoms with Crippen molar-refractivity contribution in [2.45, 2.75) is 25.9 Å². The first-order chi connectivity index (χ1) is 12.7. The van der Waals surface area contributed by atoms with Crippen LogP contribution in [0.4, 0.5) is 4.79 Å². The fraction of sp³-hybridized carbons (Fsp3) is 0.529. The minimum Gasteiger partial charge on any atom is -0.409 e. The molecule has 0 N–H and O–H groups in total. The summed E-state index contributed by atoms with van der Waals surface area (Å²) in [6, 6.07) is 6.91. The van der Waals surface area contributed by atoms with E-state index >= 15 is 0 Å². The molecule has 10 heteroatoms. The Morgan fingerprint density at radius 2 is 2.19 bits per heavy atom. The summed E-state index contributed by atoms with van der Waals surface area (Å²) in [5.74, 6) is 0.560. The van der Waals surface area contributed by atoms with Gasteiger partial charge in [0.2, 0.25) is 0 Å². The Morgan fingerprint density at radius 1 is 1.44 bits per heavy atom. The normalized spacial score (nSPS) is 23.1. The lowest BCUT2D eigenvalue weighted by Gasteiger charge is -2.22. The molecular formula is C17H21BrN4O5. The minimum atomic E-state index is -0.790. The zero-order chi connectivity index (χ0) is 19.6. The topological polar surface area (TPSA) is 97.5 Å². The quantitative estimate of drug-likeness (QED) is 0.527. The van der Waals surface area contributed by atoms with E-state index in [4.69, 9.17) is 9.47 Å². The molecule has 1 aromatic carbocycles. The molecule has 2 fully saturated rings. The van der Waals surface area contributed by atoms with Crippen molar-refractivity contribution >= 4 is 28.0 Å². The number of nitrogens with zero attached hydrogens (tertiary/aromatic N) is 4. The number of nitro groups is 1. The SMILES string of the molecule is CC1(C)CC(CN2CCN(C(=O)Oc3ccccc3Br)C2=N[N+](=O)[O-])CO1. The molecule has 1 atom stereocenters. The molecule has 0 aliphatic carbocycles. The Bertz CT molecular complexity index is 769. The van der Waals surface area contributed by atoms with Crippen LogP contribution >= 0.6 is 15.9 Å². The Hall–Kier alpha value is -2.20. The first-order valence-electron chi connectivity index (χ1n) is 8.61. The number of para-hydroxylation sites is 1. The van der Waals surface area contributed by atoms with Crippen molar-refractivity contribution in [3.63, 3.8) is 0 Å². The maximum absolute atomic E-state index is 12.6. The van der Waals surface area contributed by atoms with Crippen LogP contribution in [0.2, 0.25) is 0 Å². The summed E-state index contributed by atoms with van der Waals surface area (Å²) >= 11 is 3.31. The van der Waals surface area contributed by atoms with Gasteiger partial charge in [0.05, 0.1) is 23.2 Å².